The Morgan fingerprint density at radius 1 is 1.41 bits per heavy atom. The number of nitrogens with zero attached hydrogens (tertiary/aromatic N) is 1. The van der Waals surface area contributed by atoms with Crippen molar-refractivity contribution in [2.75, 3.05) is 19.7 Å². The van der Waals surface area contributed by atoms with Gasteiger partial charge in [-0.2, -0.15) is 4.31 Å². The molecule has 0 unspecified atom stereocenters. The number of sulfonamides is 1. The van der Waals surface area contributed by atoms with Gasteiger partial charge in [-0.1, -0.05) is 6.92 Å². The van der Waals surface area contributed by atoms with Gasteiger partial charge in [-0.05, 0) is 26.3 Å². The van der Waals surface area contributed by atoms with Gasteiger partial charge in [0.2, 0.25) is 10.0 Å². The molecular weight excluding hydrogens is 258 g/mol. The third kappa shape index (κ3) is 3.28. The van der Waals surface area contributed by atoms with Gasteiger partial charge in [-0.15, -0.1) is 11.3 Å². The highest BCUT2D eigenvalue weighted by Crippen LogP contribution is 2.27. The zero-order chi connectivity index (χ0) is 13.1. The lowest BCUT2D eigenvalue weighted by Gasteiger charge is -2.19. The predicted molar refractivity (Wildman–Crippen MR) is 69.9 cm³/mol. The first-order valence-corrected chi connectivity index (χ1v) is 7.87. The summed E-state index contributed by atoms with van der Waals surface area (Å²) in [4.78, 5) is 2.23. The van der Waals surface area contributed by atoms with Crippen molar-refractivity contribution < 1.29 is 13.5 Å². The number of thiophene rings is 1. The van der Waals surface area contributed by atoms with Crippen molar-refractivity contribution in [3.63, 3.8) is 0 Å². The Hall–Kier alpha value is -0.430. The van der Waals surface area contributed by atoms with E-state index in [1.165, 1.54) is 15.6 Å². The van der Waals surface area contributed by atoms with Crippen molar-refractivity contribution >= 4 is 21.4 Å². The zero-order valence-corrected chi connectivity index (χ0v) is 12.1. The SMILES string of the molecule is CCN(CCCO)S(=O)(=O)c1cc(C)sc1C. The fourth-order valence-electron chi connectivity index (χ4n) is 1.70. The second kappa shape index (κ2) is 5.95. The van der Waals surface area contributed by atoms with E-state index < -0.39 is 10.0 Å². The fourth-order valence-corrected chi connectivity index (χ4v) is 4.71. The summed E-state index contributed by atoms with van der Waals surface area (Å²) in [5, 5.41) is 8.79. The molecule has 17 heavy (non-hydrogen) atoms. The Balaban J connectivity index is 3.04. The lowest BCUT2D eigenvalue weighted by molar-refractivity contribution is 0.271. The van der Waals surface area contributed by atoms with Crippen LogP contribution in [0, 0.1) is 13.8 Å². The number of rotatable bonds is 6. The minimum Gasteiger partial charge on any atom is -0.396 e. The molecule has 4 nitrogen and oxygen atoms in total. The lowest BCUT2D eigenvalue weighted by Crippen LogP contribution is -2.32. The first-order chi connectivity index (χ1) is 7.93. The second-order valence-electron chi connectivity index (χ2n) is 3.85. The Morgan fingerprint density at radius 2 is 2.06 bits per heavy atom. The van der Waals surface area contributed by atoms with Crippen molar-refractivity contribution in [3.8, 4) is 0 Å². The van der Waals surface area contributed by atoms with Crippen LogP contribution >= 0.6 is 11.3 Å². The number of hydrogen-bond donors (Lipinski definition) is 1. The molecule has 0 aliphatic carbocycles. The number of aliphatic hydroxyl groups is 1. The summed E-state index contributed by atoms with van der Waals surface area (Å²) in [5.41, 5.74) is 0. The molecule has 1 rings (SSSR count). The molecule has 0 radical (unpaired) electrons. The van der Waals surface area contributed by atoms with Gasteiger partial charge < -0.3 is 5.11 Å². The van der Waals surface area contributed by atoms with Crippen LogP contribution in [0.1, 0.15) is 23.1 Å². The Bertz CT molecular complexity index is 465. The van der Waals surface area contributed by atoms with Gasteiger partial charge in [0.1, 0.15) is 0 Å². The molecule has 0 aliphatic heterocycles. The summed E-state index contributed by atoms with van der Waals surface area (Å²) in [6.45, 7) is 6.34. The molecule has 0 spiro atoms. The van der Waals surface area contributed by atoms with Gasteiger partial charge >= 0.3 is 0 Å². The monoisotopic (exact) mass is 277 g/mol. The highest BCUT2D eigenvalue weighted by Gasteiger charge is 2.25. The summed E-state index contributed by atoms with van der Waals surface area (Å²) >= 11 is 1.49. The lowest BCUT2D eigenvalue weighted by atomic mass is 10.4. The maximum Gasteiger partial charge on any atom is 0.244 e. The molecule has 0 saturated heterocycles. The number of aryl methyl sites for hydroxylation is 2. The molecule has 98 valence electrons. The van der Waals surface area contributed by atoms with E-state index in [0.29, 0.717) is 24.4 Å². The first-order valence-electron chi connectivity index (χ1n) is 5.61. The first kappa shape index (κ1) is 14.6. The average Bonchev–Trinajstić information content (AvgIpc) is 2.59. The largest absolute Gasteiger partial charge is 0.396 e. The van der Waals surface area contributed by atoms with E-state index in [1.807, 2.05) is 20.8 Å². The molecule has 1 aromatic rings. The quantitative estimate of drug-likeness (QED) is 0.862. The van der Waals surface area contributed by atoms with Crippen LogP contribution in [0.25, 0.3) is 0 Å². The minimum absolute atomic E-state index is 0.00761. The molecule has 0 saturated carbocycles. The normalized spacial score (nSPS) is 12.3. The molecule has 1 aromatic heterocycles. The topological polar surface area (TPSA) is 57.6 Å². The third-order valence-electron chi connectivity index (χ3n) is 2.53. The van der Waals surface area contributed by atoms with Crippen molar-refractivity contribution in [1.82, 2.24) is 4.31 Å². The highest BCUT2D eigenvalue weighted by molar-refractivity contribution is 7.89. The van der Waals surface area contributed by atoms with Crippen LogP contribution in [0.4, 0.5) is 0 Å². The fraction of sp³-hybridized carbons (Fsp3) is 0.636. The highest BCUT2D eigenvalue weighted by atomic mass is 32.2. The van der Waals surface area contributed by atoms with E-state index in [9.17, 15) is 8.42 Å². The molecule has 0 aromatic carbocycles. The van der Waals surface area contributed by atoms with Gasteiger partial charge in [0.25, 0.3) is 0 Å². The van der Waals surface area contributed by atoms with Crippen molar-refractivity contribution in [2.45, 2.75) is 32.1 Å². The molecule has 1 N–H and O–H groups in total. The Morgan fingerprint density at radius 3 is 2.47 bits per heavy atom. The number of hydrogen-bond acceptors (Lipinski definition) is 4. The minimum atomic E-state index is -3.40. The summed E-state index contributed by atoms with van der Waals surface area (Å²) < 4.78 is 26.1. The van der Waals surface area contributed by atoms with E-state index in [2.05, 4.69) is 0 Å². The molecule has 6 heteroatoms. The van der Waals surface area contributed by atoms with Crippen molar-refractivity contribution in [2.24, 2.45) is 0 Å². The summed E-state index contributed by atoms with van der Waals surface area (Å²) in [5.74, 6) is 0. The van der Waals surface area contributed by atoms with Gasteiger partial charge in [-0.25, -0.2) is 8.42 Å². The maximum atomic E-state index is 12.4. The van der Waals surface area contributed by atoms with Gasteiger partial charge in [0.15, 0.2) is 0 Å². The molecule has 0 atom stereocenters. The van der Waals surface area contributed by atoms with Crippen LogP contribution in [0.15, 0.2) is 11.0 Å². The molecular formula is C11H19NO3S2. The van der Waals surface area contributed by atoms with E-state index in [-0.39, 0.29) is 6.61 Å². The summed E-state index contributed by atoms with van der Waals surface area (Å²) in [6, 6.07) is 1.72. The van der Waals surface area contributed by atoms with E-state index in [4.69, 9.17) is 5.11 Å². The van der Waals surface area contributed by atoms with Crippen LogP contribution in [-0.2, 0) is 10.0 Å². The summed E-state index contributed by atoms with van der Waals surface area (Å²) in [6.07, 6.45) is 0.467. The molecule has 0 aliphatic rings. The van der Waals surface area contributed by atoms with E-state index >= 15 is 0 Å². The Kier molecular flexibility index (Phi) is 5.12. The van der Waals surface area contributed by atoms with Crippen molar-refractivity contribution in [1.29, 1.82) is 0 Å². The predicted octanol–water partition coefficient (Wildman–Crippen LogP) is 1.76. The van der Waals surface area contributed by atoms with Crippen LogP contribution in [0.3, 0.4) is 0 Å². The van der Waals surface area contributed by atoms with Gasteiger partial charge in [0, 0.05) is 29.5 Å². The smallest absolute Gasteiger partial charge is 0.244 e. The van der Waals surface area contributed by atoms with Crippen LogP contribution in [0.2, 0.25) is 0 Å². The standard InChI is InChI=1S/C11H19NO3S2/c1-4-12(6-5-7-13)17(14,15)11-8-9(2)16-10(11)3/h8,13H,4-7H2,1-3H3. The molecule has 0 amide bonds. The Labute approximate surface area is 107 Å². The maximum absolute atomic E-state index is 12.4. The molecule has 0 fully saturated rings. The number of aliphatic hydroxyl groups excluding tert-OH is 1. The van der Waals surface area contributed by atoms with E-state index in [1.54, 1.807) is 6.07 Å². The zero-order valence-electron chi connectivity index (χ0n) is 10.4. The molecule has 0 bridgehead atoms. The summed E-state index contributed by atoms with van der Waals surface area (Å²) in [7, 11) is -3.40. The van der Waals surface area contributed by atoms with Crippen LogP contribution in [-0.4, -0.2) is 37.5 Å². The van der Waals surface area contributed by atoms with Crippen LogP contribution < -0.4 is 0 Å². The van der Waals surface area contributed by atoms with Crippen LogP contribution in [0.5, 0.6) is 0 Å². The average molecular weight is 277 g/mol. The van der Waals surface area contributed by atoms with Gasteiger partial charge in [-0.3, -0.25) is 0 Å². The van der Waals surface area contributed by atoms with Gasteiger partial charge in [0.05, 0.1) is 4.90 Å². The molecule has 1 heterocycles. The second-order valence-corrected chi connectivity index (χ2v) is 7.22. The van der Waals surface area contributed by atoms with E-state index in [0.717, 1.165) is 9.75 Å². The van der Waals surface area contributed by atoms with Crippen molar-refractivity contribution in [3.05, 3.63) is 15.8 Å². The third-order valence-corrected chi connectivity index (χ3v) is 5.73.